The first-order valence-electron chi connectivity index (χ1n) is 22.2. The highest BCUT2D eigenvalue weighted by atomic mass is 28.3. The monoisotopic (exact) mass is 761 g/mol. The van der Waals surface area contributed by atoms with Crippen LogP contribution >= 0.6 is 0 Å². The molecule has 5 aromatic rings. The van der Waals surface area contributed by atoms with Gasteiger partial charge in [-0.25, -0.2) is 0 Å². The van der Waals surface area contributed by atoms with E-state index >= 15 is 0 Å². The fourth-order valence-corrected chi connectivity index (χ4v) is 12.8. The predicted molar refractivity (Wildman–Crippen MR) is 248 cm³/mol. The van der Waals surface area contributed by atoms with Crippen LogP contribution in [0.25, 0.3) is 33.4 Å². The van der Waals surface area contributed by atoms with Crippen LogP contribution in [0, 0.1) is 0 Å². The van der Waals surface area contributed by atoms with E-state index < -0.39 is 8.07 Å². The maximum atomic E-state index is 6.83. The number of unbranched alkanes of at least 4 members (excludes halogenated alkanes) is 6. The molecule has 1 aliphatic carbocycles. The van der Waals surface area contributed by atoms with Gasteiger partial charge in [0.2, 0.25) is 0 Å². The van der Waals surface area contributed by atoms with E-state index in [1.165, 1.54) is 136 Å². The van der Waals surface area contributed by atoms with Crippen molar-refractivity contribution in [1.82, 2.24) is 0 Å². The summed E-state index contributed by atoms with van der Waals surface area (Å²) in [5, 5.41) is 1.47. The Kier molecular flexibility index (Phi) is 14.7. The summed E-state index contributed by atoms with van der Waals surface area (Å²) in [6, 6.07) is 38.5. The van der Waals surface area contributed by atoms with Gasteiger partial charge >= 0.3 is 0 Å². The van der Waals surface area contributed by atoms with Crippen LogP contribution in [-0.2, 0) is 25.7 Å². The molecule has 56 heavy (non-hydrogen) atoms. The molecule has 0 radical (unpaired) electrons. The molecule has 294 valence electrons. The average Bonchev–Trinajstić information content (AvgIpc) is 3.56. The van der Waals surface area contributed by atoms with Crippen LogP contribution in [-0.4, -0.2) is 14.7 Å². The van der Waals surface area contributed by atoms with E-state index in [9.17, 15) is 0 Å². The lowest BCUT2D eigenvalue weighted by molar-refractivity contribution is 0.361. The molecule has 1 nitrogen and oxygen atoms in total. The van der Waals surface area contributed by atoms with Gasteiger partial charge in [-0.2, -0.15) is 0 Å². The minimum atomic E-state index is -2.36. The molecule has 0 bridgehead atoms. The van der Waals surface area contributed by atoms with Crippen LogP contribution in [0.2, 0.25) is 13.1 Å². The minimum absolute atomic E-state index is 0.278. The molecule has 0 atom stereocenters. The second kappa shape index (κ2) is 19.8. The molecule has 0 aromatic heterocycles. The second-order valence-electron chi connectivity index (χ2n) is 17.0. The highest BCUT2D eigenvalue weighted by Gasteiger charge is 2.44. The fraction of sp³-hybridized carbons (Fsp3) is 0.407. The smallest absolute Gasteiger partial charge is 0.122 e. The van der Waals surface area contributed by atoms with Gasteiger partial charge in [0, 0.05) is 5.54 Å². The third-order valence-corrected chi connectivity index (χ3v) is 16.2. The van der Waals surface area contributed by atoms with E-state index in [4.69, 9.17) is 4.74 Å². The maximum absolute atomic E-state index is 6.83. The van der Waals surface area contributed by atoms with Crippen molar-refractivity contribution in [1.29, 1.82) is 0 Å². The maximum Gasteiger partial charge on any atom is 0.122 e. The lowest BCUT2D eigenvalue weighted by atomic mass is 9.97. The molecule has 0 saturated heterocycles. The van der Waals surface area contributed by atoms with Gasteiger partial charge in [0.25, 0.3) is 0 Å². The molecule has 5 aromatic carbocycles. The predicted octanol–water partition coefficient (Wildman–Crippen LogP) is 15.0. The Hall–Kier alpha value is -4.14. The van der Waals surface area contributed by atoms with E-state index in [1.807, 2.05) is 6.08 Å². The van der Waals surface area contributed by atoms with Crippen LogP contribution in [0.15, 0.2) is 110 Å². The van der Waals surface area contributed by atoms with Crippen molar-refractivity contribution in [2.45, 2.75) is 136 Å². The van der Waals surface area contributed by atoms with Gasteiger partial charge in [0.05, 0.1) is 8.07 Å². The molecule has 6 rings (SSSR count). The number of fused-ring (bicyclic) bond motifs is 3. The Morgan fingerprint density at radius 1 is 0.518 bits per heavy atom. The lowest BCUT2D eigenvalue weighted by Gasteiger charge is -2.35. The topological polar surface area (TPSA) is 9.23 Å². The summed E-state index contributed by atoms with van der Waals surface area (Å²) < 4.78 is 6.83. The summed E-state index contributed by atoms with van der Waals surface area (Å²) in [5.41, 5.74) is 17.0. The molecule has 0 saturated carbocycles. The van der Waals surface area contributed by atoms with Crippen LogP contribution in [0.5, 0.6) is 5.75 Å². The zero-order valence-electron chi connectivity index (χ0n) is 35.6. The van der Waals surface area contributed by atoms with Crippen molar-refractivity contribution in [3.63, 3.8) is 0 Å². The van der Waals surface area contributed by atoms with Crippen LogP contribution in [0.1, 0.15) is 131 Å². The second-order valence-corrected chi connectivity index (χ2v) is 21.6. The van der Waals surface area contributed by atoms with Crippen molar-refractivity contribution in [2.75, 3.05) is 6.61 Å². The van der Waals surface area contributed by atoms with E-state index in [0.29, 0.717) is 6.61 Å². The van der Waals surface area contributed by atoms with Crippen LogP contribution in [0.4, 0.5) is 0 Å². The largest absolute Gasteiger partial charge is 0.489 e. The van der Waals surface area contributed by atoms with Gasteiger partial charge in [-0.1, -0.05) is 189 Å². The molecule has 0 unspecified atom stereocenters. The average molecular weight is 761 g/mol. The normalized spacial score (nSPS) is 12.5. The molecule has 1 aliphatic rings. The molecule has 0 amide bonds. The van der Waals surface area contributed by atoms with Crippen molar-refractivity contribution in [3.8, 4) is 39.1 Å². The number of hydrogen-bond donors (Lipinski definition) is 0. The number of aryl methyl sites for hydroxylation is 4. The van der Waals surface area contributed by atoms with Gasteiger partial charge in [-0.05, 0) is 123 Å². The molecule has 0 aliphatic heterocycles. The molecular weight excluding hydrogens is 693 g/mol. The zero-order valence-corrected chi connectivity index (χ0v) is 36.6. The van der Waals surface area contributed by atoms with Crippen molar-refractivity contribution >= 4 is 13.3 Å². The van der Waals surface area contributed by atoms with Gasteiger partial charge in [-0.3, -0.25) is 0 Å². The highest BCUT2D eigenvalue weighted by molar-refractivity contribution is 6.92. The highest BCUT2D eigenvalue weighted by Crippen LogP contribution is 2.51. The Balaban J connectivity index is 1.52. The number of ether oxygens (including phenoxy) is 1. The number of benzene rings is 5. The first-order valence-corrected chi connectivity index (χ1v) is 25.3. The summed E-state index contributed by atoms with van der Waals surface area (Å²) in [5.74, 6) is 1.14. The van der Waals surface area contributed by atoms with Gasteiger partial charge in [-0.15, -0.1) is 0 Å². The fourth-order valence-electron chi connectivity index (χ4n) is 9.06. The summed E-state index contributed by atoms with van der Waals surface area (Å²) in [4.78, 5) is 0. The van der Waals surface area contributed by atoms with Crippen molar-refractivity contribution < 1.29 is 4.74 Å². The van der Waals surface area contributed by atoms with Crippen molar-refractivity contribution in [3.05, 3.63) is 143 Å². The molecule has 2 heteroatoms. The first-order chi connectivity index (χ1) is 27.3. The molecule has 0 fully saturated rings. The SMILES string of the molecule is C=CCOc1c(CCCCC)cc(CCCCC)cc1[Si](C)(C)C1c2cc(-c3ccc(CCCC)cc3)ccc2-c2ccc(-c3ccc(CCCC)cc3)cc21. The van der Waals surface area contributed by atoms with Crippen LogP contribution < -0.4 is 9.92 Å². The standard InChI is InChI=1S/C54H68OSi/c1-8-13-17-21-42-36-47(22-18-14-9-2)53(55-35-12-5)52(37-42)56(6,7)54-50-38-45(43-27-23-40(24-28-43)19-15-10-3)31-33-48(50)49-34-32-46(39-51(49)54)44-29-25-41(26-30-44)20-16-11-4/h12,23-34,36-39,54H,5,8-11,13-22,35H2,1-4,6-7H3. The van der Waals surface area contributed by atoms with Crippen molar-refractivity contribution in [2.24, 2.45) is 0 Å². The summed E-state index contributed by atoms with van der Waals surface area (Å²) in [6.07, 6.45) is 18.7. The summed E-state index contributed by atoms with van der Waals surface area (Å²) in [7, 11) is -2.36. The Morgan fingerprint density at radius 3 is 1.46 bits per heavy atom. The van der Waals surface area contributed by atoms with E-state index in [1.54, 1.807) is 0 Å². The van der Waals surface area contributed by atoms with Gasteiger partial charge in [0.15, 0.2) is 0 Å². The van der Waals surface area contributed by atoms with Gasteiger partial charge in [0.1, 0.15) is 12.4 Å². The lowest BCUT2D eigenvalue weighted by Crippen LogP contribution is -2.49. The minimum Gasteiger partial charge on any atom is -0.489 e. The zero-order chi connectivity index (χ0) is 39.5. The van der Waals surface area contributed by atoms with E-state index in [2.05, 4.69) is 144 Å². The molecule has 0 N–H and O–H groups in total. The third-order valence-electron chi connectivity index (χ3n) is 12.3. The number of rotatable bonds is 21. The Morgan fingerprint density at radius 2 is 0.982 bits per heavy atom. The molecular formula is C54H68OSi. The molecule has 0 spiro atoms. The van der Waals surface area contributed by atoms with Crippen LogP contribution in [0.3, 0.4) is 0 Å². The van der Waals surface area contributed by atoms with E-state index in [0.717, 1.165) is 31.4 Å². The van der Waals surface area contributed by atoms with E-state index in [-0.39, 0.29) is 5.54 Å². The first kappa shape index (κ1) is 41.5. The Bertz CT molecular complexity index is 1930. The summed E-state index contributed by atoms with van der Waals surface area (Å²) >= 11 is 0. The van der Waals surface area contributed by atoms with Gasteiger partial charge < -0.3 is 4.74 Å². The number of hydrogen-bond acceptors (Lipinski definition) is 1. The Labute approximate surface area is 341 Å². The third kappa shape index (κ3) is 9.51. The quantitative estimate of drug-likeness (QED) is 0.0411. The molecule has 0 heterocycles. The summed E-state index contributed by atoms with van der Waals surface area (Å²) in [6.45, 7) is 19.0.